The summed E-state index contributed by atoms with van der Waals surface area (Å²) in [5.74, 6) is 0. The van der Waals surface area contributed by atoms with Crippen molar-refractivity contribution in [2.24, 2.45) is 0 Å². The minimum Gasteiger partial charge on any atom is -0.371 e. The number of rotatable bonds is 6. The predicted octanol–water partition coefficient (Wildman–Crippen LogP) is 2.35. The Kier molecular flexibility index (Phi) is 5.86. The van der Waals surface area contributed by atoms with Gasteiger partial charge in [0.05, 0.1) is 17.6 Å². The van der Waals surface area contributed by atoms with E-state index in [9.17, 15) is 8.42 Å². The average Bonchev–Trinajstić information content (AvgIpc) is 2.63. The monoisotopic (exact) mass is 360 g/mol. The van der Waals surface area contributed by atoms with Crippen molar-refractivity contribution in [2.75, 3.05) is 32.8 Å². The molecular weight excluding hydrogens is 336 g/mol. The van der Waals surface area contributed by atoms with Crippen LogP contribution in [0.25, 0.3) is 0 Å². The largest absolute Gasteiger partial charge is 0.371 e. The van der Waals surface area contributed by atoms with Gasteiger partial charge in [0.1, 0.15) is 0 Å². The van der Waals surface area contributed by atoms with Crippen LogP contribution >= 0.6 is 0 Å². The number of nitrogens with one attached hydrogen (secondary N) is 1. The maximum absolute atomic E-state index is 12.4. The van der Waals surface area contributed by atoms with E-state index in [1.54, 1.807) is 18.2 Å². The smallest absolute Gasteiger partial charge is 0.240 e. The molecule has 1 aliphatic rings. The van der Waals surface area contributed by atoms with E-state index < -0.39 is 10.0 Å². The van der Waals surface area contributed by atoms with Crippen molar-refractivity contribution < 1.29 is 13.2 Å². The molecule has 0 aromatic heterocycles. The molecule has 1 fully saturated rings. The zero-order chi connectivity index (χ0) is 17.7. The molecule has 25 heavy (non-hydrogen) atoms. The summed E-state index contributed by atoms with van der Waals surface area (Å²) < 4.78 is 33.3. The van der Waals surface area contributed by atoms with Gasteiger partial charge in [-0.05, 0) is 30.2 Å². The fraction of sp³-hybridized carbons (Fsp3) is 0.368. The van der Waals surface area contributed by atoms with Crippen LogP contribution in [0.5, 0.6) is 0 Å². The highest BCUT2D eigenvalue weighted by Gasteiger charge is 2.22. The van der Waals surface area contributed by atoms with Crippen molar-refractivity contribution in [3.63, 3.8) is 0 Å². The summed E-state index contributed by atoms with van der Waals surface area (Å²) in [5, 5.41) is 0. The molecule has 6 heteroatoms. The standard InChI is InChI=1S/C19H24N2O3S/c1-16-6-5-9-18(14-16)25(22,23)20-10-11-21-12-13-24-19(15-21)17-7-3-2-4-8-17/h2-9,14,19-20H,10-13,15H2,1H3. The Hall–Kier alpha value is -1.73. The summed E-state index contributed by atoms with van der Waals surface area (Å²) in [6, 6.07) is 17.1. The van der Waals surface area contributed by atoms with Gasteiger partial charge in [0.25, 0.3) is 0 Å². The SMILES string of the molecule is Cc1cccc(S(=O)(=O)NCCN2CCOC(c3ccccc3)C2)c1. The number of aryl methyl sites for hydroxylation is 1. The van der Waals surface area contributed by atoms with Crippen LogP contribution in [0, 0.1) is 6.92 Å². The third-order valence-electron chi connectivity index (χ3n) is 4.34. The summed E-state index contributed by atoms with van der Waals surface area (Å²) in [6.45, 7) is 5.18. The number of benzene rings is 2. The molecule has 3 rings (SSSR count). The van der Waals surface area contributed by atoms with Crippen LogP contribution in [0.15, 0.2) is 59.5 Å². The molecule has 0 radical (unpaired) electrons. The van der Waals surface area contributed by atoms with Crippen molar-refractivity contribution >= 4 is 10.0 Å². The highest BCUT2D eigenvalue weighted by atomic mass is 32.2. The summed E-state index contributed by atoms with van der Waals surface area (Å²) in [7, 11) is -3.46. The lowest BCUT2D eigenvalue weighted by Gasteiger charge is -2.33. The van der Waals surface area contributed by atoms with Crippen LogP contribution in [0.1, 0.15) is 17.2 Å². The molecule has 5 nitrogen and oxygen atoms in total. The van der Waals surface area contributed by atoms with Gasteiger partial charge >= 0.3 is 0 Å². The van der Waals surface area contributed by atoms with Crippen molar-refractivity contribution in [1.82, 2.24) is 9.62 Å². The van der Waals surface area contributed by atoms with Crippen molar-refractivity contribution in [2.45, 2.75) is 17.9 Å². The molecule has 1 N–H and O–H groups in total. The molecule has 1 saturated heterocycles. The number of sulfonamides is 1. The van der Waals surface area contributed by atoms with Gasteiger partial charge in [0, 0.05) is 26.2 Å². The highest BCUT2D eigenvalue weighted by Crippen LogP contribution is 2.21. The molecule has 0 bridgehead atoms. The first-order valence-electron chi connectivity index (χ1n) is 8.50. The summed E-state index contributed by atoms with van der Waals surface area (Å²) in [6.07, 6.45) is 0.0448. The fourth-order valence-electron chi connectivity index (χ4n) is 2.98. The third kappa shape index (κ3) is 4.89. The second-order valence-corrected chi connectivity index (χ2v) is 8.05. The van der Waals surface area contributed by atoms with Crippen molar-refractivity contribution in [3.8, 4) is 0 Å². The number of morpholine rings is 1. The van der Waals surface area contributed by atoms with Gasteiger partial charge in [-0.2, -0.15) is 0 Å². The molecule has 1 heterocycles. The molecule has 0 saturated carbocycles. The van der Waals surface area contributed by atoms with E-state index in [4.69, 9.17) is 4.74 Å². The zero-order valence-corrected chi connectivity index (χ0v) is 15.2. The third-order valence-corrected chi connectivity index (χ3v) is 5.80. The van der Waals surface area contributed by atoms with Crippen LogP contribution in [0.2, 0.25) is 0 Å². The van der Waals surface area contributed by atoms with Gasteiger partial charge in [-0.25, -0.2) is 13.1 Å². The van der Waals surface area contributed by atoms with E-state index in [0.29, 0.717) is 24.6 Å². The second kappa shape index (κ2) is 8.10. The molecule has 1 unspecified atom stereocenters. The number of hydrogen-bond acceptors (Lipinski definition) is 4. The Morgan fingerprint density at radius 1 is 1.16 bits per heavy atom. The normalized spacial score (nSPS) is 19.0. The van der Waals surface area contributed by atoms with Gasteiger partial charge in [0.2, 0.25) is 10.0 Å². The number of hydrogen-bond donors (Lipinski definition) is 1. The molecule has 0 aliphatic carbocycles. The zero-order valence-electron chi connectivity index (χ0n) is 14.4. The van der Waals surface area contributed by atoms with Crippen LogP contribution in [-0.4, -0.2) is 46.1 Å². The van der Waals surface area contributed by atoms with Gasteiger partial charge in [-0.1, -0.05) is 42.5 Å². The van der Waals surface area contributed by atoms with Crippen molar-refractivity contribution in [1.29, 1.82) is 0 Å². The van der Waals surface area contributed by atoms with Crippen LogP contribution in [0.4, 0.5) is 0 Å². The lowest BCUT2D eigenvalue weighted by molar-refractivity contribution is -0.0291. The highest BCUT2D eigenvalue weighted by molar-refractivity contribution is 7.89. The van der Waals surface area contributed by atoms with Crippen molar-refractivity contribution in [3.05, 3.63) is 65.7 Å². The summed E-state index contributed by atoms with van der Waals surface area (Å²) in [5.41, 5.74) is 2.09. The molecule has 2 aromatic carbocycles. The van der Waals surface area contributed by atoms with Gasteiger partial charge in [0.15, 0.2) is 0 Å². The second-order valence-electron chi connectivity index (χ2n) is 6.29. The van der Waals surface area contributed by atoms with Crippen LogP contribution in [-0.2, 0) is 14.8 Å². The molecule has 1 atom stereocenters. The molecule has 134 valence electrons. The minimum atomic E-state index is -3.46. The van der Waals surface area contributed by atoms with E-state index in [0.717, 1.165) is 24.2 Å². The topological polar surface area (TPSA) is 58.6 Å². The predicted molar refractivity (Wildman–Crippen MR) is 97.9 cm³/mol. The first kappa shape index (κ1) is 18.1. The van der Waals surface area contributed by atoms with Crippen LogP contribution < -0.4 is 4.72 Å². The summed E-state index contributed by atoms with van der Waals surface area (Å²) in [4.78, 5) is 2.55. The molecule has 1 aliphatic heterocycles. The van der Waals surface area contributed by atoms with E-state index in [-0.39, 0.29) is 6.10 Å². The number of nitrogens with zero attached hydrogens (tertiary/aromatic N) is 1. The van der Waals surface area contributed by atoms with E-state index in [1.165, 1.54) is 0 Å². The first-order valence-corrected chi connectivity index (χ1v) is 9.98. The molecular formula is C19H24N2O3S. The first-order chi connectivity index (χ1) is 12.0. The average molecular weight is 360 g/mol. The lowest BCUT2D eigenvalue weighted by Crippen LogP contribution is -2.42. The van der Waals surface area contributed by atoms with E-state index in [1.807, 2.05) is 31.2 Å². The van der Waals surface area contributed by atoms with Crippen LogP contribution in [0.3, 0.4) is 0 Å². The molecule has 0 spiro atoms. The Morgan fingerprint density at radius 2 is 1.96 bits per heavy atom. The van der Waals surface area contributed by atoms with Gasteiger partial charge in [-0.15, -0.1) is 0 Å². The number of ether oxygens (including phenoxy) is 1. The fourth-order valence-corrected chi connectivity index (χ4v) is 4.10. The Morgan fingerprint density at radius 3 is 2.72 bits per heavy atom. The minimum absolute atomic E-state index is 0.0448. The maximum Gasteiger partial charge on any atom is 0.240 e. The Bertz CT molecular complexity index is 793. The summed E-state index contributed by atoms with van der Waals surface area (Å²) >= 11 is 0. The van der Waals surface area contributed by atoms with Gasteiger partial charge in [-0.3, -0.25) is 4.90 Å². The maximum atomic E-state index is 12.4. The van der Waals surface area contributed by atoms with Gasteiger partial charge < -0.3 is 4.74 Å². The van der Waals surface area contributed by atoms with E-state index in [2.05, 4.69) is 21.8 Å². The Labute approximate surface area is 149 Å². The quantitative estimate of drug-likeness (QED) is 0.859. The molecule has 2 aromatic rings. The molecule has 0 amide bonds. The Balaban J connectivity index is 1.53. The van der Waals surface area contributed by atoms with E-state index >= 15 is 0 Å². The lowest BCUT2D eigenvalue weighted by atomic mass is 10.1.